The average molecular weight is 392 g/mol. The second-order valence-corrected chi connectivity index (χ2v) is 7.98. The highest BCUT2D eigenvalue weighted by Gasteiger charge is 2.26. The fraction of sp³-hybridized carbons (Fsp3) is 0.450. The molecular formula is C20H26FN3O2S. The van der Waals surface area contributed by atoms with Crippen LogP contribution in [0.5, 0.6) is 0 Å². The standard InChI is InChI=1S/C20H26FN3O2S/c1-4-10-20(2,3)19(26)23-12-17-24-16(13-27-17)18(25)22-11-9-14-7-5-6-8-15(14)21/h5-8,13H,4,9-12H2,1-3H3,(H,22,25)(H,23,26). The van der Waals surface area contributed by atoms with E-state index in [-0.39, 0.29) is 17.6 Å². The molecule has 0 saturated heterocycles. The van der Waals surface area contributed by atoms with E-state index in [1.165, 1.54) is 17.4 Å². The van der Waals surface area contributed by atoms with Crippen molar-refractivity contribution in [3.63, 3.8) is 0 Å². The Bertz CT molecular complexity index is 789. The molecule has 1 aromatic heterocycles. The van der Waals surface area contributed by atoms with Crippen molar-refractivity contribution in [1.29, 1.82) is 0 Å². The van der Waals surface area contributed by atoms with Crippen LogP contribution in [0.3, 0.4) is 0 Å². The molecule has 0 atom stereocenters. The molecule has 146 valence electrons. The zero-order chi connectivity index (χ0) is 19.9. The maximum absolute atomic E-state index is 13.6. The van der Waals surface area contributed by atoms with Crippen molar-refractivity contribution in [3.05, 3.63) is 51.7 Å². The molecule has 0 unspecified atom stereocenters. The van der Waals surface area contributed by atoms with Crippen molar-refractivity contribution < 1.29 is 14.0 Å². The van der Waals surface area contributed by atoms with Crippen molar-refractivity contribution in [2.75, 3.05) is 6.54 Å². The summed E-state index contributed by atoms with van der Waals surface area (Å²) in [5, 5.41) is 7.97. The van der Waals surface area contributed by atoms with Crippen molar-refractivity contribution in [1.82, 2.24) is 15.6 Å². The first-order chi connectivity index (χ1) is 12.8. The number of benzene rings is 1. The molecule has 2 amide bonds. The van der Waals surface area contributed by atoms with Gasteiger partial charge in [-0.15, -0.1) is 11.3 Å². The molecule has 0 aliphatic heterocycles. The maximum Gasteiger partial charge on any atom is 0.270 e. The van der Waals surface area contributed by atoms with E-state index in [1.807, 2.05) is 20.8 Å². The summed E-state index contributed by atoms with van der Waals surface area (Å²) in [6.45, 7) is 6.52. The zero-order valence-electron chi connectivity index (χ0n) is 16.0. The van der Waals surface area contributed by atoms with Gasteiger partial charge in [-0.2, -0.15) is 0 Å². The lowest BCUT2D eigenvalue weighted by Gasteiger charge is -2.22. The second kappa shape index (κ2) is 9.60. The van der Waals surface area contributed by atoms with E-state index in [2.05, 4.69) is 15.6 Å². The van der Waals surface area contributed by atoms with E-state index in [0.29, 0.717) is 35.8 Å². The Morgan fingerprint density at radius 3 is 2.67 bits per heavy atom. The lowest BCUT2D eigenvalue weighted by molar-refractivity contribution is -0.129. The highest BCUT2D eigenvalue weighted by Crippen LogP contribution is 2.22. The fourth-order valence-corrected chi connectivity index (χ4v) is 3.45. The summed E-state index contributed by atoms with van der Waals surface area (Å²) >= 11 is 1.33. The van der Waals surface area contributed by atoms with Gasteiger partial charge in [0.2, 0.25) is 5.91 Å². The summed E-state index contributed by atoms with van der Waals surface area (Å²) < 4.78 is 13.6. The Balaban J connectivity index is 1.81. The number of carbonyl (C=O) groups excluding carboxylic acids is 2. The van der Waals surface area contributed by atoms with Crippen LogP contribution in [0.25, 0.3) is 0 Å². The molecule has 0 fully saturated rings. The first-order valence-corrected chi connectivity index (χ1v) is 9.95. The summed E-state index contributed by atoms with van der Waals surface area (Å²) in [7, 11) is 0. The largest absolute Gasteiger partial charge is 0.350 e. The number of carbonyl (C=O) groups is 2. The van der Waals surface area contributed by atoms with Gasteiger partial charge in [-0.05, 0) is 24.5 Å². The van der Waals surface area contributed by atoms with E-state index >= 15 is 0 Å². The molecule has 5 nitrogen and oxygen atoms in total. The molecule has 2 aromatic rings. The highest BCUT2D eigenvalue weighted by molar-refractivity contribution is 7.09. The van der Waals surface area contributed by atoms with Crippen LogP contribution < -0.4 is 10.6 Å². The summed E-state index contributed by atoms with van der Waals surface area (Å²) in [5.41, 5.74) is 0.457. The Labute approximate surface area is 163 Å². The Morgan fingerprint density at radius 1 is 1.22 bits per heavy atom. The number of amides is 2. The number of halogens is 1. The lowest BCUT2D eigenvalue weighted by Crippen LogP contribution is -2.36. The zero-order valence-corrected chi connectivity index (χ0v) is 16.8. The van der Waals surface area contributed by atoms with Gasteiger partial charge >= 0.3 is 0 Å². The third-order valence-corrected chi connectivity index (χ3v) is 5.16. The SMILES string of the molecule is CCCC(C)(C)C(=O)NCc1nc(C(=O)NCCc2ccccc2F)cs1. The molecule has 2 rings (SSSR count). The quantitative estimate of drug-likeness (QED) is 0.685. The number of nitrogens with zero attached hydrogens (tertiary/aromatic N) is 1. The van der Waals surface area contributed by atoms with E-state index in [4.69, 9.17) is 0 Å². The van der Waals surface area contributed by atoms with E-state index in [0.717, 1.165) is 12.8 Å². The van der Waals surface area contributed by atoms with Gasteiger partial charge in [0.15, 0.2) is 0 Å². The molecule has 0 radical (unpaired) electrons. The first kappa shape index (κ1) is 21.0. The number of hydrogen-bond donors (Lipinski definition) is 2. The van der Waals surface area contributed by atoms with E-state index in [9.17, 15) is 14.0 Å². The van der Waals surface area contributed by atoms with Crippen LogP contribution in [0.4, 0.5) is 4.39 Å². The number of nitrogens with one attached hydrogen (secondary N) is 2. The van der Waals surface area contributed by atoms with Crippen LogP contribution in [0.2, 0.25) is 0 Å². The molecule has 0 bridgehead atoms. The van der Waals surface area contributed by atoms with E-state index in [1.54, 1.807) is 23.6 Å². The third kappa shape index (κ3) is 6.13. The van der Waals surface area contributed by atoms with E-state index < -0.39 is 5.41 Å². The second-order valence-electron chi connectivity index (χ2n) is 7.04. The number of rotatable bonds is 9. The first-order valence-electron chi connectivity index (χ1n) is 9.08. The van der Waals surface area contributed by atoms with Gasteiger partial charge < -0.3 is 10.6 Å². The van der Waals surface area contributed by atoms with Gasteiger partial charge in [-0.1, -0.05) is 45.4 Å². The van der Waals surface area contributed by atoms with Crippen molar-refractivity contribution >= 4 is 23.2 Å². The van der Waals surface area contributed by atoms with Gasteiger partial charge in [0.1, 0.15) is 16.5 Å². The van der Waals surface area contributed by atoms with Crippen LogP contribution >= 0.6 is 11.3 Å². The minimum Gasteiger partial charge on any atom is -0.350 e. The van der Waals surface area contributed by atoms with Gasteiger partial charge in [0, 0.05) is 17.3 Å². The average Bonchev–Trinajstić information content (AvgIpc) is 3.10. The molecule has 1 aromatic carbocycles. The number of hydrogen-bond acceptors (Lipinski definition) is 4. The minimum absolute atomic E-state index is 0.0181. The topological polar surface area (TPSA) is 71.1 Å². The maximum atomic E-state index is 13.6. The lowest BCUT2D eigenvalue weighted by atomic mass is 9.87. The minimum atomic E-state index is -0.418. The van der Waals surface area contributed by atoms with Gasteiger partial charge in [0.25, 0.3) is 5.91 Å². The Morgan fingerprint density at radius 2 is 1.96 bits per heavy atom. The Hall–Kier alpha value is -2.28. The molecule has 2 N–H and O–H groups in total. The molecule has 27 heavy (non-hydrogen) atoms. The third-order valence-electron chi connectivity index (χ3n) is 4.31. The molecule has 0 saturated carbocycles. The van der Waals surface area contributed by atoms with Gasteiger partial charge in [-0.3, -0.25) is 9.59 Å². The molecule has 0 aliphatic rings. The van der Waals surface area contributed by atoms with Gasteiger partial charge in [0.05, 0.1) is 6.54 Å². The highest BCUT2D eigenvalue weighted by atomic mass is 32.1. The van der Waals surface area contributed by atoms with Crippen molar-refractivity contribution in [2.24, 2.45) is 5.41 Å². The predicted molar refractivity (Wildman–Crippen MR) is 105 cm³/mol. The molecule has 1 heterocycles. The molecule has 0 spiro atoms. The number of thiazole rings is 1. The Kier molecular flexibility index (Phi) is 7.47. The van der Waals surface area contributed by atoms with Crippen LogP contribution in [0.15, 0.2) is 29.6 Å². The van der Waals surface area contributed by atoms with Crippen molar-refractivity contribution in [2.45, 2.75) is 46.6 Å². The van der Waals surface area contributed by atoms with Crippen LogP contribution in [0.1, 0.15) is 54.7 Å². The molecular weight excluding hydrogens is 365 g/mol. The molecule has 0 aliphatic carbocycles. The van der Waals surface area contributed by atoms with Crippen LogP contribution in [-0.4, -0.2) is 23.3 Å². The fourth-order valence-electron chi connectivity index (χ4n) is 2.73. The van der Waals surface area contributed by atoms with Crippen LogP contribution in [0, 0.1) is 11.2 Å². The van der Waals surface area contributed by atoms with Gasteiger partial charge in [-0.25, -0.2) is 9.37 Å². The normalized spacial score (nSPS) is 11.3. The predicted octanol–water partition coefficient (Wildman–Crippen LogP) is 3.70. The number of aromatic nitrogens is 1. The smallest absolute Gasteiger partial charge is 0.270 e. The molecule has 7 heteroatoms. The monoisotopic (exact) mass is 391 g/mol. The summed E-state index contributed by atoms with van der Waals surface area (Å²) in [5.74, 6) is -0.591. The summed E-state index contributed by atoms with van der Waals surface area (Å²) in [6, 6.07) is 6.50. The van der Waals surface area contributed by atoms with Crippen LogP contribution in [-0.2, 0) is 17.8 Å². The van der Waals surface area contributed by atoms with Crippen molar-refractivity contribution in [3.8, 4) is 0 Å². The summed E-state index contributed by atoms with van der Waals surface area (Å²) in [6.07, 6.45) is 2.17. The summed E-state index contributed by atoms with van der Waals surface area (Å²) in [4.78, 5) is 28.7.